The summed E-state index contributed by atoms with van der Waals surface area (Å²) in [6.45, 7) is 1.97. The third kappa shape index (κ3) is 3.07. The zero-order valence-electron chi connectivity index (χ0n) is 13.4. The number of aromatic nitrogens is 4. The number of anilines is 5. The van der Waals surface area contributed by atoms with Crippen LogP contribution in [0.4, 0.5) is 28.1 Å². The standard InChI is InChI=1S/C17H15N7S/c1-10-5-6-11-12(22-10)3-2-4-13(11)23-15-14(18)16(21-9-20-15)24-17-19-7-8-25-17/h2-9H,18H2,1H3,(H2,19,20,21,23,24). The molecule has 0 aliphatic carbocycles. The van der Waals surface area contributed by atoms with Gasteiger partial charge in [0.25, 0.3) is 0 Å². The molecule has 0 saturated carbocycles. The summed E-state index contributed by atoms with van der Waals surface area (Å²) in [4.78, 5) is 17.2. The van der Waals surface area contributed by atoms with Crippen molar-refractivity contribution in [2.45, 2.75) is 6.92 Å². The van der Waals surface area contributed by atoms with Crippen molar-refractivity contribution < 1.29 is 0 Å². The molecule has 0 unspecified atom stereocenters. The zero-order chi connectivity index (χ0) is 17.2. The SMILES string of the molecule is Cc1ccc2c(Nc3ncnc(Nc4nccs4)c3N)cccc2n1. The largest absolute Gasteiger partial charge is 0.393 e. The zero-order valence-corrected chi connectivity index (χ0v) is 14.2. The molecule has 25 heavy (non-hydrogen) atoms. The van der Waals surface area contributed by atoms with E-state index < -0.39 is 0 Å². The minimum absolute atomic E-state index is 0.426. The fourth-order valence-corrected chi connectivity index (χ4v) is 3.00. The minimum Gasteiger partial charge on any atom is -0.393 e. The normalized spacial score (nSPS) is 10.8. The van der Waals surface area contributed by atoms with Gasteiger partial charge in [-0.25, -0.2) is 15.0 Å². The Kier molecular flexibility index (Phi) is 3.87. The van der Waals surface area contributed by atoms with Gasteiger partial charge in [0.05, 0.1) is 5.52 Å². The summed E-state index contributed by atoms with van der Waals surface area (Å²) in [7, 11) is 0. The van der Waals surface area contributed by atoms with Crippen LogP contribution in [0.5, 0.6) is 0 Å². The number of nitrogens with zero attached hydrogens (tertiary/aromatic N) is 4. The Bertz CT molecular complexity index is 1030. The number of hydrogen-bond donors (Lipinski definition) is 3. The third-order valence-corrected chi connectivity index (χ3v) is 4.35. The van der Waals surface area contributed by atoms with Crippen LogP contribution in [0.25, 0.3) is 10.9 Å². The lowest BCUT2D eigenvalue weighted by molar-refractivity contribution is 1.17. The average molecular weight is 349 g/mol. The molecule has 1 aromatic carbocycles. The first-order valence-corrected chi connectivity index (χ1v) is 8.49. The number of nitrogens with one attached hydrogen (secondary N) is 2. The molecule has 0 bridgehead atoms. The van der Waals surface area contributed by atoms with E-state index in [-0.39, 0.29) is 0 Å². The van der Waals surface area contributed by atoms with Crippen molar-refractivity contribution in [3.63, 3.8) is 0 Å². The van der Waals surface area contributed by atoms with Crippen molar-refractivity contribution in [1.82, 2.24) is 19.9 Å². The van der Waals surface area contributed by atoms with E-state index in [0.717, 1.165) is 27.4 Å². The van der Waals surface area contributed by atoms with Crippen LogP contribution in [0.3, 0.4) is 0 Å². The van der Waals surface area contributed by atoms with E-state index in [1.807, 2.05) is 42.6 Å². The molecular formula is C17H15N7S. The Morgan fingerprint density at radius 3 is 2.64 bits per heavy atom. The number of hydrogen-bond acceptors (Lipinski definition) is 8. The van der Waals surface area contributed by atoms with E-state index in [0.29, 0.717) is 17.3 Å². The topological polar surface area (TPSA) is 102 Å². The molecule has 124 valence electrons. The average Bonchev–Trinajstić information content (AvgIpc) is 3.11. The van der Waals surface area contributed by atoms with Crippen LogP contribution in [0.2, 0.25) is 0 Å². The number of rotatable bonds is 4. The van der Waals surface area contributed by atoms with Gasteiger partial charge in [0.1, 0.15) is 12.0 Å². The maximum Gasteiger partial charge on any atom is 0.188 e. The smallest absolute Gasteiger partial charge is 0.188 e. The summed E-state index contributed by atoms with van der Waals surface area (Å²) in [6.07, 6.45) is 3.18. The first-order chi connectivity index (χ1) is 12.2. The summed E-state index contributed by atoms with van der Waals surface area (Å²) in [5.74, 6) is 1.05. The lowest BCUT2D eigenvalue weighted by atomic mass is 10.1. The summed E-state index contributed by atoms with van der Waals surface area (Å²) in [5, 5.41) is 9.99. The van der Waals surface area contributed by atoms with Gasteiger partial charge < -0.3 is 16.4 Å². The fourth-order valence-electron chi connectivity index (χ4n) is 2.47. The monoisotopic (exact) mass is 349 g/mol. The van der Waals surface area contributed by atoms with Crippen molar-refractivity contribution in [3.05, 3.63) is 53.9 Å². The van der Waals surface area contributed by atoms with Crippen LogP contribution >= 0.6 is 11.3 Å². The molecule has 7 nitrogen and oxygen atoms in total. The molecule has 3 aromatic heterocycles. The Hall–Kier alpha value is -3.26. The molecule has 0 saturated heterocycles. The molecular weight excluding hydrogens is 334 g/mol. The van der Waals surface area contributed by atoms with E-state index in [4.69, 9.17) is 5.73 Å². The molecule has 0 amide bonds. The lowest BCUT2D eigenvalue weighted by Crippen LogP contribution is -2.05. The molecule has 0 aliphatic rings. The summed E-state index contributed by atoms with van der Waals surface area (Å²) < 4.78 is 0. The highest BCUT2D eigenvalue weighted by molar-refractivity contribution is 7.13. The fraction of sp³-hybridized carbons (Fsp3) is 0.0588. The number of pyridine rings is 1. The maximum atomic E-state index is 6.23. The van der Waals surface area contributed by atoms with Gasteiger partial charge in [-0.05, 0) is 31.2 Å². The maximum absolute atomic E-state index is 6.23. The van der Waals surface area contributed by atoms with Crippen LogP contribution in [0.1, 0.15) is 5.69 Å². The molecule has 0 aliphatic heterocycles. The summed E-state index contributed by atoms with van der Waals surface area (Å²) in [5.41, 5.74) is 9.43. The molecule has 4 rings (SSSR count). The molecule has 4 N–H and O–H groups in total. The van der Waals surface area contributed by atoms with Crippen LogP contribution in [-0.2, 0) is 0 Å². The second-order valence-corrected chi connectivity index (χ2v) is 6.29. The first kappa shape index (κ1) is 15.3. The molecule has 0 atom stereocenters. The van der Waals surface area contributed by atoms with E-state index >= 15 is 0 Å². The molecule has 0 radical (unpaired) electrons. The Balaban J connectivity index is 1.69. The second-order valence-electron chi connectivity index (χ2n) is 5.40. The Labute approximate surface area is 148 Å². The highest BCUT2D eigenvalue weighted by Gasteiger charge is 2.11. The molecule has 8 heteroatoms. The Morgan fingerprint density at radius 2 is 1.84 bits per heavy atom. The van der Waals surface area contributed by atoms with Crippen LogP contribution in [0, 0.1) is 6.92 Å². The quantitative estimate of drug-likeness (QED) is 0.514. The van der Waals surface area contributed by atoms with Gasteiger partial charge in [0.2, 0.25) is 0 Å². The van der Waals surface area contributed by atoms with E-state index in [1.165, 1.54) is 17.7 Å². The number of benzene rings is 1. The van der Waals surface area contributed by atoms with Crippen LogP contribution in [-0.4, -0.2) is 19.9 Å². The van der Waals surface area contributed by atoms with Crippen molar-refractivity contribution >= 4 is 50.4 Å². The predicted molar refractivity (Wildman–Crippen MR) is 102 cm³/mol. The number of fused-ring (bicyclic) bond motifs is 1. The highest BCUT2D eigenvalue weighted by Crippen LogP contribution is 2.31. The van der Waals surface area contributed by atoms with E-state index in [9.17, 15) is 0 Å². The lowest BCUT2D eigenvalue weighted by Gasteiger charge is -2.13. The van der Waals surface area contributed by atoms with Gasteiger partial charge in [-0.3, -0.25) is 4.98 Å². The van der Waals surface area contributed by atoms with E-state index in [1.54, 1.807) is 6.20 Å². The summed E-state index contributed by atoms with van der Waals surface area (Å²) >= 11 is 1.47. The third-order valence-electron chi connectivity index (χ3n) is 3.67. The number of aryl methyl sites for hydroxylation is 1. The molecule has 4 aromatic rings. The molecule has 0 spiro atoms. The second kappa shape index (κ2) is 6.33. The van der Waals surface area contributed by atoms with Crippen molar-refractivity contribution in [2.24, 2.45) is 0 Å². The minimum atomic E-state index is 0.426. The van der Waals surface area contributed by atoms with Gasteiger partial charge in [-0.2, -0.15) is 0 Å². The predicted octanol–water partition coefficient (Wildman–Crippen LogP) is 3.86. The molecule has 0 fully saturated rings. The number of thiazole rings is 1. The molecule has 3 heterocycles. The van der Waals surface area contributed by atoms with Crippen LogP contribution in [0.15, 0.2) is 48.2 Å². The first-order valence-electron chi connectivity index (χ1n) is 7.61. The van der Waals surface area contributed by atoms with Crippen molar-refractivity contribution in [1.29, 1.82) is 0 Å². The van der Waals surface area contributed by atoms with Gasteiger partial charge in [0, 0.05) is 28.3 Å². The van der Waals surface area contributed by atoms with Gasteiger partial charge in [-0.1, -0.05) is 6.07 Å². The van der Waals surface area contributed by atoms with Gasteiger partial charge in [0.15, 0.2) is 16.8 Å². The highest BCUT2D eigenvalue weighted by atomic mass is 32.1. The summed E-state index contributed by atoms with van der Waals surface area (Å²) in [6, 6.07) is 9.91. The van der Waals surface area contributed by atoms with E-state index in [2.05, 4.69) is 30.6 Å². The van der Waals surface area contributed by atoms with Crippen molar-refractivity contribution in [3.8, 4) is 0 Å². The van der Waals surface area contributed by atoms with Crippen molar-refractivity contribution in [2.75, 3.05) is 16.4 Å². The Morgan fingerprint density at radius 1 is 1.00 bits per heavy atom. The number of nitrogens with two attached hydrogens (primary N) is 1. The van der Waals surface area contributed by atoms with Gasteiger partial charge >= 0.3 is 0 Å². The van der Waals surface area contributed by atoms with Crippen LogP contribution < -0.4 is 16.4 Å². The number of nitrogen functional groups attached to an aromatic ring is 1. The van der Waals surface area contributed by atoms with Gasteiger partial charge in [-0.15, -0.1) is 11.3 Å².